The molecule has 1 aromatic heterocycles. The minimum absolute atomic E-state index is 0.0454. The molecule has 2 N–H and O–H groups in total. The maximum absolute atomic E-state index is 13.3. The van der Waals surface area contributed by atoms with Crippen molar-refractivity contribution in [3.05, 3.63) is 49.9 Å². The monoisotopic (exact) mass is 426 g/mol. The Morgan fingerprint density at radius 1 is 1.35 bits per heavy atom. The summed E-state index contributed by atoms with van der Waals surface area (Å²) < 4.78 is 40.0. The highest BCUT2D eigenvalue weighted by molar-refractivity contribution is 7.09. The molecule has 142 valence electrons. The number of halogens is 5. The zero-order chi connectivity index (χ0) is 19.5. The Labute approximate surface area is 162 Å². The van der Waals surface area contributed by atoms with Crippen LogP contribution in [-0.4, -0.2) is 28.7 Å². The molecule has 4 nitrogen and oxygen atoms in total. The van der Waals surface area contributed by atoms with E-state index in [1.54, 1.807) is 18.2 Å². The topological polar surface area (TPSA) is 62.2 Å². The second kappa shape index (κ2) is 8.12. The van der Waals surface area contributed by atoms with E-state index in [1.807, 2.05) is 0 Å². The number of aryl methyl sites for hydroxylation is 1. The number of amides is 1. The highest BCUT2D eigenvalue weighted by Gasteiger charge is 2.58. The normalized spacial score (nSPS) is 14.1. The second-order valence-electron chi connectivity index (χ2n) is 5.64. The molecule has 2 aromatic rings. The number of benzene rings is 1. The van der Waals surface area contributed by atoms with Gasteiger partial charge < -0.3 is 10.4 Å². The van der Waals surface area contributed by atoms with Crippen LogP contribution in [0.25, 0.3) is 0 Å². The largest absolute Gasteiger partial charge is 0.424 e. The van der Waals surface area contributed by atoms with Gasteiger partial charge in [-0.3, -0.25) is 4.79 Å². The van der Waals surface area contributed by atoms with Gasteiger partial charge in [0.1, 0.15) is 5.01 Å². The second-order valence-corrected chi connectivity index (χ2v) is 7.29. The van der Waals surface area contributed by atoms with Gasteiger partial charge in [-0.2, -0.15) is 13.2 Å². The first-order chi connectivity index (χ1) is 12.0. The summed E-state index contributed by atoms with van der Waals surface area (Å²) in [7, 11) is 0. The molecule has 26 heavy (non-hydrogen) atoms. The first kappa shape index (κ1) is 21.0. The number of aliphatic hydroxyl groups is 1. The van der Waals surface area contributed by atoms with Gasteiger partial charge in [0.15, 0.2) is 0 Å². The molecule has 2 rings (SSSR count). The van der Waals surface area contributed by atoms with E-state index in [1.165, 1.54) is 12.3 Å². The molecule has 0 bridgehead atoms. The number of alkyl halides is 3. The third kappa shape index (κ3) is 4.68. The molecule has 10 heteroatoms. The molecule has 1 amide bonds. The lowest BCUT2D eigenvalue weighted by molar-refractivity contribution is -0.267. The van der Waals surface area contributed by atoms with Crippen LogP contribution in [-0.2, 0) is 16.8 Å². The Kier molecular flexibility index (Phi) is 6.55. The number of nitrogens with zero attached hydrogens (tertiary/aromatic N) is 1. The summed E-state index contributed by atoms with van der Waals surface area (Å²) in [5, 5.41) is 14.0. The summed E-state index contributed by atoms with van der Waals surface area (Å²) in [5.74, 6) is -0.948. The first-order valence-corrected chi connectivity index (χ1v) is 9.09. The van der Waals surface area contributed by atoms with Gasteiger partial charge in [-0.25, -0.2) is 4.98 Å². The molecule has 0 fully saturated rings. The van der Waals surface area contributed by atoms with Crippen LogP contribution in [0.4, 0.5) is 13.2 Å². The predicted molar refractivity (Wildman–Crippen MR) is 94.6 cm³/mol. The van der Waals surface area contributed by atoms with Crippen LogP contribution in [0.15, 0.2) is 23.6 Å². The fourth-order valence-corrected chi connectivity index (χ4v) is 3.54. The minimum Gasteiger partial charge on any atom is -0.374 e. The van der Waals surface area contributed by atoms with Crippen molar-refractivity contribution >= 4 is 40.4 Å². The van der Waals surface area contributed by atoms with Gasteiger partial charge in [-0.15, -0.1) is 11.3 Å². The molecule has 0 saturated heterocycles. The van der Waals surface area contributed by atoms with E-state index in [0.717, 1.165) is 0 Å². The molecule has 0 aliphatic heterocycles. The van der Waals surface area contributed by atoms with Crippen molar-refractivity contribution in [2.24, 2.45) is 0 Å². The third-order valence-corrected chi connectivity index (χ3v) is 5.58. The van der Waals surface area contributed by atoms with Crippen molar-refractivity contribution in [3.8, 4) is 0 Å². The van der Waals surface area contributed by atoms with Gasteiger partial charge >= 0.3 is 6.18 Å². The number of nitrogens with one attached hydrogen (secondary N) is 1. The Morgan fingerprint density at radius 2 is 2.04 bits per heavy atom. The van der Waals surface area contributed by atoms with E-state index in [0.29, 0.717) is 32.6 Å². The van der Waals surface area contributed by atoms with E-state index < -0.39 is 29.1 Å². The van der Waals surface area contributed by atoms with Crippen LogP contribution >= 0.6 is 34.5 Å². The Morgan fingerprint density at radius 3 is 2.62 bits per heavy atom. The number of thiazole rings is 1. The van der Waals surface area contributed by atoms with E-state index in [9.17, 15) is 23.1 Å². The lowest BCUT2D eigenvalue weighted by atomic mass is 9.99. The van der Waals surface area contributed by atoms with Gasteiger partial charge in [0, 0.05) is 17.6 Å². The highest BCUT2D eigenvalue weighted by Crippen LogP contribution is 2.42. The summed E-state index contributed by atoms with van der Waals surface area (Å²) in [6.45, 7) is 1.55. The van der Waals surface area contributed by atoms with E-state index >= 15 is 0 Å². The summed E-state index contributed by atoms with van der Waals surface area (Å²) in [4.78, 5) is 15.7. The quantitative estimate of drug-likeness (QED) is 0.725. The average molecular weight is 427 g/mol. The lowest BCUT2D eigenvalue weighted by Gasteiger charge is -2.27. The SMILES string of the molecule is Cc1csc(C(O)(CC(=O)NCCc2cccc(Cl)c2Cl)C(F)(F)F)n1. The van der Waals surface area contributed by atoms with E-state index in [-0.39, 0.29) is 13.0 Å². The van der Waals surface area contributed by atoms with Gasteiger partial charge in [-0.05, 0) is 25.0 Å². The summed E-state index contributed by atoms with van der Waals surface area (Å²) >= 11 is 12.6. The third-order valence-electron chi connectivity index (χ3n) is 3.61. The van der Waals surface area contributed by atoms with E-state index in [2.05, 4.69) is 10.3 Å². The van der Waals surface area contributed by atoms with Gasteiger partial charge in [0.05, 0.1) is 16.5 Å². The molecule has 0 aliphatic carbocycles. The molecular weight excluding hydrogens is 412 g/mol. The van der Waals surface area contributed by atoms with Crippen molar-refractivity contribution < 1.29 is 23.1 Å². The van der Waals surface area contributed by atoms with Crippen molar-refractivity contribution in [2.45, 2.75) is 31.5 Å². The zero-order valence-corrected chi connectivity index (χ0v) is 15.9. The summed E-state index contributed by atoms with van der Waals surface area (Å²) in [5.41, 5.74) is -2.34. The number of hydrogen-bond donors (Lipinski definition) is 2. The van der Waals surface area contributed by atoms with Gasteiger partial charge in [-0.1, -0.05) is 35.3 Å². The fourth-order valence-electron chi connectivity index (χ4n) is 2.21. The van der Waals surface area contributed by atoms with Crippen molar-refractivity contribution in [2.75, 3.05) is 6.54 Å². The van der Waals surface area contributed by atoms with Crippen LogP contribution in [0.5, 0.6) is 0 Å². The average Bonchev–Trinajstić information content (AvgIpc) is 2.97. The molecule has 0 radical (unpaired) electrons. The van der Waals surface area contributed by atoms with Crippen LogP contribution in [0.3, 0.4) is 0 Å². The predicted octanol–water partition coefficient (Wildman–Crippen LogP) is 4.26. The standard InChI is InChI=1S/C16H15Cl2F3N2O2S/c1-9-8-26-14(23-9)15(25,16(19,20)21)7-12(24)22-6-5-10-3-2-4-11(17)13(10)18/h2-4,8,25H,5-7H2,1H3,(H,22,24). The maximum Gasteiger partial charge on any atom is 0.424 e. The summed E-state index contributed by atoms with van der Waals surface area (Å²) in [6, 6.07) is 4.98. The highest BCUT2D eigenvalue weighted by atomic mass is 35.5. The number of carbonyl (C=O) groups excluding carboxylic acids is 1. The van der Waals surface area contributed by atoms with Crippen LogP contribution in [0.2, 0.25) is 10.0 Å². The van der Waals surface area contributed by atoms with Crippen LogP contribution < -0.4 is 5.32 Å². The van der Waals surface area contributed by atoms with Crippen molar-refractivity contribution in [1.29, 1.82) is 0 Å². The minimum atomic E-state index is -5.04. The maximum atomic E-state index is 13.3. The lowest BCUT2D eigenvalue weighted by Crippen LogP contribution is -2.46. The molecular formula is C16H15Cl2F3N2O2S. The number of hydrogen-bond acceptors (Lipinski definition) is 4. The smallest absolute Gasteiger partial charge is 0.374 e. The van der Waals surface area contributed by atoms with Crippen LogP contribution in [0.1, 0.15) is 22.7 Å². The fraction of sp³-hybridized carbons (Fsp3) is 0.375. The number of aromatic nitrogens is 1. The molecule has 1 heterocycles. The molecule has 1 atom stereocenters. The van der Waals surface area contributed by atoms with Gasteiger partial charge in [0.25, 0.3) is 0 Å². The van der Waals surface area contributed by atoms with Crippen molar-refractivity contribution in [3.63, 3.8) is 0 Å². The van der Waals surface area contributed by atoms with Gasteiger partial charge in [0.2, 0.25) is 11.5 Å². The molecule has 0 aliphatic rings. The van der Waals surface area contributed by atoms with E-state index in [4.69, 9.17) is 23.2 Å². The molecule has 1 unspecified atom stereocenters. The molecule has 0 spiro atoms. The van der Waals surface area contributed by atoms with Crippen LogP contribution in [0, 0.1) is 6.92 Å². The number of carbonyl (C=O) groups is 1. The first-order valence-electron chi connectivity index (χ1n) is 7.46. The van der Waals surface area contributed by atoms with Crippen molar-refractivity contribution in [1.82, 2.24) is 10.3 Å². The Bertz CT molecular complexity index is 798. The molecule has 0 saturated carbocycles. The Hall–Kier alpha value is -1.35. The summed E-state index contributed by atoms with van der Waals surface area (Å²) in [6.07, 6.45) is -5.93. The Balaban J connectivity index is 2.03. The zero-order valence-electron chi connectivity index (χ0n) is 13.5. The molecule has 1 aromatic carbocycles. The number of rotatable bonds is 6.